The highest BCUT2D eigenvalue weighted by molar-refractivity contribution is 5.85. The van der Waals surface area contributed by atoms with Gasteiger partial charge >= 0.3 is 0 Å². The highest BCUT2D eigenvalue weighted by atomic mass is 16.2. The molecule has 33 heavy (non-hydrogen) atoms. The van der Waals surface area contributed by atoms with Gasteiger partial charge in [-0.25, -0.2) is 4.99 Å². The monoisotopic (exact) mass is 449 g/mol. The number of likely N-dealkylation sites (N-methyl/N-ethyl adjacent to an activating group) is 1. The summed E-state index contributed by atoms with van der Waals surface area (Å²) in [5.74, 6) is 0.715. The normalized spacial score (nSPS) is 15.8. The molecule has 0 atom stereocenters. The fraction of sp³-hybridized carbons (Fsp3) is 0.481. The second-order valence-corrected chi connectivity index (χ2v) is 9.74. The molecule has 0 aromatic heterocycles. The predicted octanol–water partition coefficient (Wildman–Crippen LogP) is 3.25. The van der Waals surface area contributed by atoms with Crippen LogP contribution in [0.1, 0.15) is 37.8 Å². The van der Waals surface area contributed by atoms with Crippen LogP contribution >= 0.6 is 0 Å². The van der Waals surface area contributed by atoms with Gasteiger partial charge in [0.2, 0.25) is 5.91 Å². The van der Waals surface area contributed by atoms with Crippen LogP contribution in [0.25, 0.3) is 0 Å². The number of likely N-dealkylation sites (tertiary alicyclic amines) is 1. The SMILES string of the molecule is CN(C)C(=O)CN=C(NCC(C)(C)c1ccccc1)NC1CCN(Cc2ccccc2)CC1. The van der Waals surface area contributed by atoms with Crippen molar-refractivity contribution in [3.8, 4) is 0 Å². The molecule has 1 aliphatic heterocycles. The predicted molar refractivity (Wildman–Crippen MR) is 136 cm³/mol. The summed E-state index contributed by atoms with van der Waals surface area (Å²) in [6.07, 6.45) is 2.11. The Morgan fingerprint density at radius 3 is 2.24 bits per heavy atom. The molecule has 0 aliphatic carbocycles. The Kier molecular flexibility index (Phi) is 8.89. The van der Waals surface area contributed by atoms with E-state index in [4.69, 9.17) is 0 Å². The van der Waals surface area contributed by atoms with Crippen LogP contribution in [0.4, 0.5) is 0 Å². The molecule has 1 amide bonds. The molecule has 1 saturated heterocycles. The van der Waals surface area contributed by atoms with Crippen molar-refractivity contribution in [2.45, 2.75) is 44.7 Å². The quantitative estimate of drug-likeness (QED) is 0.480. The summed E-state index contributed by atoms with van der Waals surface area (Å²) in [4.78, 5) is 20.8. The first-order valence-corrected chi connectivity index (χ1v) is 11.9. The van der Waals surface area contributed by atoms with Crippen LogP contribution in [-0.2, 0) is 16.8 Å². The Morgan fingerprint density at radius 2 is 1.64 bits per heavy atom. The molecule has 0 radical (unpaired) electrons. The standard InChI is InChI=1S/C27H39N5O/c1-27(2,23-13-9-6-10-14-23)21-29-26(28-19-25(33)31(3)4)30-24-15-17-32(18-16-24)20-22-11-7-5-8-12-22/h5-14,24H,15-21H2,1-4H3,(H2,28,29,30). The minimum absolute atomic E-state index is 0.00361. The first-order chi connectivity index (χ1) is 15.8. The number of guanidine groups is 1. The molecule has 1 aliphatic rings. The Labute approximate surface area is 199 Å². The number of aliphatic imine (C=N–C) groups is 1. The molecule has 0 saturated carbocycles. The summed E-state index contributed by atoms with van der Waals surface area (Å²) >= 11 is 0. The van der Waals surface area contributed by atoms with Gasteiger partial charge in [0.1, 0.15) is 6.54 Å². The van der Waals surface area contributed by atoms with Crippen LogP contribution < -0.4 is 10.6 Å². The number of benzene rings is 2. The average molecular weight is 450 g/mol. The Hall–Kier alpha value is -2.86. The summed E-state index contributed by atoms with van der Waals surface area (Å²) in [6, 6.07) is 21.5. The number of amides is 1. The lowest BCUT2D eigenvalue weighted by atomic mass is 9.85. The summed E-state index contributed by atoms with van der Waals surface area (Å²) in [5, 5.41) is 7.11. The van der Waals surface area contributed by atoms with E-state index in [0.717, 1.165) is 45.0 Å². The summed E-state index contributed by atoms with van der Waals surface area (Å²) in [6.45, 7) is 8.40. The number of nitrogens with zero attached hydrogens (tertiary/aromatic N) is 3. The molecule has 1 heterocycles. The third-order valence-electron chi connectivity index (χ3n) is 6.30. The number of hydrogen-bond donors (Lipinski definition) is 2. The maximum absolute atomic E-state index is 12.1. The van der Waals surface area contributed by atoms with Gasteiger partial charge in [-0.15, -0.1) is 0 Å². The van der Waals surface area contributed by atoms with Crippen molar-refractivity contribution in [2.75, 3.05) is 40.3 Å². The molecule has 0 spiro atoms. The van der Waals surface area contributed by atoms with E-state index >= 15 is 0 Å². The van der Waals surface area contributed by atoms with Gasteiger partial charge in [-0.05, 0) is 24.0 Å². The number of nitrogens with one attached hydrogen (secondary N) is 2. The fourth-order valence-electron chi connectivity index (χ4n) is 4.01. The third kappa shape index (κ3) is 7.90. The molecule has 0 bridgehead atoms. The Bertz CT molecular complexity index is 887. The van der Waals surface area contributed by atoms with E-state index in [0.29, 0.717) is 6.04 Å². The van der Waals surface area contributed by atoms with Crippen LogP contribution in [0.15, 0.2) is 65.7 Å². The van der Waals surface area contributed by atoms with Gasteiger partial charge in [-0.1, -0.05) is 74.5 Å². The maximum Gasteiger partial charge on any atom is 0.243 e. The minimum atomic E-state index is -0.0612. The van der Waals surface area contributed by atoms with E-state index in [-0.39, 0.29) is 17.9 Å². The van der Waals surface area contributed by atoms with Gasteiger partial charge in [0.25, 0.3) is 0 Å². The van der Waals surface area contributed by atoms with Gasteiger partial charge in [0.15, 0.2) is 5.96 Å². The first kappa shape index (κ1) is 24.8. The van der Waals surface area contributed by atoms with Gasteiger partial charge in [-0.3, -0.25) is 9.69 Å². The van der Waals surface area contributed by atoms with Crippen LogP contribution in [0.3, 0.4) is 0 Å². The van der Waals surface area contributed by atoms with Crippen molar-refractivity contribution in [1.82, 2.24) is 20.4 Å². The van der Waals surface area contributed by atoms with E-state index in [2.05, 4.69) is 89.0 Å². The molecule has 2 N–H and O–H groups in total. The fourth-order valence-corrected chi connectivity index (χ4v) is 4.01. The van der Waals surface area contributed by atoms with Crippen LogP contribution in [0.2, 0.25) is 0 Å². The number of rotatable bonds is 8. The minimum Gasteiger partial charge on any atom is -0.356 e. The van der Waals surface area contributed by atoms with Gasteiger partial charge in [-0.2, -0.15) is 0 Å². The molecule has 3 rings (SSSR count). The summed E-state index contributed by atoms with van der Waals surface area (Å²) in [7, 11) is 3.53. The number of piperidine rings is 1. The number of hydrogen-bond acceptors (Lipinski definition) is 3. The molecular weight excluding hydrogens is 410 g/mol. The average Bonchev–Trinajstić information content (AvgIpc) is 2.83. The third-order valence-corrected chi connectivity index (χ3v) is 6.30. The highest BCUT2D eigenvalue weighted by Gasteiger charge is 2.23. The van der Waals surface area contributed by atoms with Crippen molar-refractivity contribution in [3.63, 3.8) is 0 Å². The van der Waals surface area contributed by atoms with E-state index in [9.17, 15) is 4.79 Å². The van der Waals surface area contributed by atoms with Gasteiger partial charge in [0.05, 0.1) is 0 Å². The molecule has 2 aromatic rings. The zero-order chi connectivity index (χ0) is 23.7. The molecule has 2 aromatic carbocycles. The van der Waals surface area contributed by atoms with Crippen molar-refractivity contribution in [2.24, 2.45) is 4.99 Å². The molecule has 1 fully saturated rings. The van der Waals surface area contributed by atoms with Crippen LogP contribution in [0, 0.1) is 0 Å². The lowest BCUT2D eigenvalue weighted by Gasteiger charge is -2.34. The Morgan fingerprint density at radius 1 is 1.03 bits per heavy atom. The molecule has 6 nitrogen and oxygen atoms in total. The largest absolute Gasteiger partial charge is 0.356 e. The maximum atomic E-state index is 12.1. The van der Waals surface area contributed by atoms with Gasteiger partial charge in [0, 0.05) is 51.7 Å². The number of carbonyl (C=O) groups is 1. The van der Waals surface area contributed by atoms with E-state index in [1.165, 1.54) is 11.1 Å². The van der Waals surface area contributed by atoms with E-state index in [1.54, 1.807) is 19.0 Å². The number of carbonyl (C=O) groups excluding carboxylic acids is 1. The van der Waals surface area contributed by atoms with Crippen LogP contribution in [0.5, 0.6) is 0 Å². The second kappa shape index (κ2) is 11.8. The highest BCUT2D eigenvalue weighted by Crippen LogP contribution is 2.21. The van der Waals surface area contributed by atoms with E-state index in [1.807, 2.05) is 6.07 Å². The lowest BCUT2D eigenvalue weighted by Crippen LogP contribution is -2.50. The van der Waals surface area contributed by atoms with Gasteiger partial charge < -0.3 is 15.5 Å². The summed E-state index contributed by atoms with van der Waals surface area (Å²) in [5.41, 5.74) is 2.57. The zero-order valence-corrected chi connectivity index (χ0v) is 20.6. The molecule has 0 unspecified atom stereocenters. The Balaban J connectivity index is 1.58. The second-order valence-electron chi connectivity index (χ2n) is 9.74. The van der Waals surface area contributed by atoms with Crippen molar-refractivity contribution in [1.29, 1.82) is 0 Å². The van der Waals surface area contributed by atoms with E-state index < -0.39 is 0 Å². The first-order valence-electron chi connectivity index (χ1n) is 11.9. The molecule has 6 heteroatoms. The zero-order valence-electron chi connectivity index (χ0n) is 20.6. The molecule has 178 valence electrons. The van der Waals surface area contributed by atoms with Crippen molar-refractivity contribution in [3.05, 3.63) is 71.8 Å². The topological polar surface area (TPSA) is 60.0 Å². The summed E-state index contributed by atoms with van der Waals surface area (Å²) < 4.78 is 0. The van der Waals surface area contributed by atoms with Crippen LogP contribution in [-0.4, -0.2) is 68.0 Å². The smallest absolute Gasteiger partial charge is 0.243 e. The van der Waals surface area contributed by atoms with Crippen molar-refractivity contribution < 1.29 is 4.79 Å². The lowest BCUT2D eigenvalue weighted by molar-refractivity contribution is -0.127. The van der Waals surface area contributed by atoms with Crippen molar-refractivity contribution >= 4 is 11.9 Å². The molecular formula is C27H39N5O.